The van der Waals surface area contributed by atoms with Crippen LogP contribution >= 0.6 is 0 Å². The van der Waals surface area contributed by atoms with Gasteiger partial charge >= 0.3 is 6.18 Å². The Morgan fingerprint density at radius 1 is 1.00 bits per heavy atom. The fourth-order valence-corrected chi connectivity index (χ4v) is 1.99. The highest BCUT2D eigenvalue weighted by molar-refractivity contribution is 5.50. The molecular formula is C12H14F4N2. The molecule has 0 amide bonds. The lowest BCUT2D eigenvalue weighted by Gasteiger charge is -2.34. The van der Waals surface area contributed by atoms with Crippen molar-refractivity contribution < 1.29 is 17.6 Å². The van der Waals surface area contributed by atoms with Crippen molar-refractivity contribution >= 4 is 5.69 Å². The summed E-state index contributed by atoms with van der Waals surface area (Å²) in [5, 5.41) is 0. The molecule has 0 radical (unpaired) electrons. The maximum atomic E-state index is 13.3. The van der Waals surface area contributed by atoms with Gasteiger partial charge in [0.1, 0.15) is 5.82 Å². The monoisotopic (exact) mass is 262 g/mol. The van der Waals surface area contributed by atoms with E-state index in [4.69, 9.17) is 0 Å². The first-order valence-electron chi connectivity index (χ1n) is 5.67. The molecule has 1 aliphatic rings. The quantitative estimate of drug-likeness (QED) is 0.718. The van der Waals surface area contributed by atoms with Crippen molar-refractivity contribution in [1.29, 1.82) is 0 Å². The topological polar surface area (TPSA) is 6.48 Å². The Kier molecular flexibility index (Phi) is 3.47. The lowest BCUT2D eigenvalue weighted by atomic mass is 10.1. The van der Waals surface area contributed by atoms with E-state index in [9.17, 15) is 17.6 Å². The summed E-state index contributed by atoms with van der Waals surface area (Å²) in [6, 6.07) is 2.69. The summed E-state index contributed by atoms with van der Waals surface area (Å²) < 4.78 is 51.0. The number of alkyl halides is 3. The molecule has 1 aromatic carbocycles. The number of hydrogen-bond acceptors (Lipinski definition) is 2. The molecule has 1 heterocycles. The van der Waals surface area contributed by atoms with Crippen LogP contribution in [0.4, 0.5) is 23.2 Å². The predicted octanol–water partition coefficient (Wildman–Crippen LogP) is 2.60. The van der Waals surface area contributed by atoms with E-state index in [0.717, 1.165) is 25.2 Å². The second-order valence-corrected chi connectivity index (χ2v) is 4.49. The number of benzene rings is 1. The van der Waals surface area contributed by atoms with E-state index < -0.39 is 17.6 Å². The van der Waals surface area contributed by atoms with Gasteiger partial charge in [0.15, 0.2) is 0 Å². The minimum absolute atomic E-state index is 0.301. The molecule has 0 atom stereocenters. The number of nitrogens with zero attached hydrogens (tertiary/aromatic N) is 2. The van der Waals surface area contributed by atoms with Crippen LogP contribution in [0.5, 0.6) is 0 Å². The second kappa shape index (κ2) is 4.76. The van der Waals surface area contributed by atoms with Crippen molar-refractivity contribution in [3.05, 3.63) is 29.6 Å². The minimum atomic E-state index is -4.51. The average Bonchev–Trinajstić information content (AvgIpc) is 2.28. The zero-order valence-corrected chi connectivity index (χ0v) is 9.97. The Morgan fingerprint density at radius 3 is 2.17 bits per heavy atom. The van der Waals surface area contributed by atoms with Gasteiger partial charge in [-0.25, -0.2) is 4.39 Å². The third-order valence-electron chi connectivity index (χ3n) is 3.08. The van der Waals surface area contributed by atoms with Gasteiger partial charge in [0.2, 0.25) is 0 Å². The van der Waals surface area contributed by atoms with Crippen LogP contribution in [-0.2, 0) is 6.18 Å². The number of likely N-dealkylation sites (N-methyl/N-ethyl adjacent to an activating group) is 1. The van der Waals surface area contributed by atoms with Gasteiger partial charge in [-0.15, -0.1) is 0 Å². The van der Waals surface area contributed by atoms with Gasteiger partial charge in [-0.3, -0.25) is 0 Å². The lowest BCUT2D eigenvalue weighted by molar-refractivity contribution is -0.137. The Labute approximate surface area is 103 Å². The van der Waals surface area contributed by atoms with E-state index in [0.29, 0.717) is 24.8 Å². The number of hydrogen-bond donors (Lipinski definition) is 0. The first-order valence-corrected chi connectivity index (χ1v) is 5.67. The molecule has 1 fully saturated rings. The van der Waals surface area contributed by atoms with Crippen molar-refractivity contribution in [3.8, 4) is 0 Å². The number of piperazine rings is 1. The zero-order valence-electron chi connectivity index (χ0n) is 9.97. The first kappa shape index (κ1) is 13.1. The van der Waals surface area contributed by atoms with E-state index in [1.54, 1.807) is 4.90 Å². The van der Waals surface area contributed by atoms with E-state index in [2.05, 4.69) is 4.90 Å². The normalized spacial score (nSPS) is 18.2. The van der Waals surface area contributed by atoms with Crippen molar-refractivity contribution in [2.24, 2.45) is 0 Å². The Morgan fingerprint density at radius 2 is 1.61 bits per heavy atom. The van der Waals surface area contributed by atoms with Gasteiger partial charge in [0, 0.05) is 31.9 Å². The highest BCUT2D eigenvalue weighted by atomic mass is 19.4. The van der Waals surface area contributed by atoms with E-state index in [1.165, 1.54) is 0 Å². The van der Waals surface area contributed by atoms with E-state index >= 15 is 0 Å². The van der Waals surface area contributed by atoms with Gasteiger partial charge < -0.3 is 9.80 Å². The van der Waals surface area contributed by atoms with Crippen LogP contribution in [-0.4, -0.2) is 38.1 Å². The summed E-state index contributed by atoms with van der Waals surface area (Å²) in [6.07, 6.45) is -4.51. The van der Waals surface area contributed by atoms with Crippen LogP contribution < -0.4 is 4.90 Å². The summed E-state index contributed by atoms with van der Waals surface area (Å²) in [6.45, 7) is 2.74. The van der Waals surface area contributed by atoms with Crippen LogP contribution in [0.1, 0.15) is 5.56 Å². The number of halogens is 4. The molecule has 6 heteroatoms. The fraction of sp³-hybridized carbons (Fsp3) is 0.500. The molecule has 2 rings (SSSR count). The van der Waals surface area contributed by atoms with Crippen molar-refractivity contribution in [2.75, 3.05) is 38.1 Å². The van der Waals surface area contributed by atoms with Crippen LogP contribution in [0.2, 0.25) is 0 Å². The maximum Gasteiger partial charge on any atom is 0.416 e. The first-order chi connectivity index (χ1) is 8.36. The van der Waals surface area contributed by atoms with Crippen molar-refractivity contribution in [3.63, 3.8) is 0 Å². The van der Waals surface area contributed by atoms with Crippen molar-refractivity contribution in [1.82, 2.24) is 4.90 Å². The molecule has 100 valence electrons. The zero-order chi connectivity index (χ0) is 13.3. The van der Waals surface area contributed by atoms with Gasteiger partial charge in [-0.05, 0) is 25.2 Å². The van der Waals surface area contributed by atoms with Crippen LogP contribution in [0.3, 0.4) is 0 Å². The molecule has 0 N–H and O–H groups in total. The molecule has 18 heavy (non-hydrogen) atoms. The van der Waals surface area contributed by atoms with Gasteiger partial charge in [0.25, 0.3) is 0 Å². The number of anilines is 1. The molecule has 0 aliphatic carbocycles. The van der Waals surface area contributed by atoms with Gasteiger partial charge in [-0.1, -0.05) is 0 Å². The molecule has 0 saturated carbocycles. The number of rotatable bonds is 1. The third kappa shape index (κ3) is 2.93. The van der Waals surface area contributed by atoms with Crippen molar-refractivity contribution in [2.45, 2.75) is 6.18 Å². The van der Waals surface area contributed by atoms with Gasteiger partial charge in [-0.2, -0.15) is 13.2 Å². The average molecular weight is 262 g/mol. The lowest BCUT2D eigenvalue weighted by Crippen LogP contribution is -2.44. The summed E-state index contributed by atoms with van der Waals surface area (Å²) in [5.41, 5.74) is -0.633. The molecule has 0 bridgehead atoms. The fourth-order valence-electron chi connectivity index (χ4n) is 1.99. The summed E-state index contributed by atoms with van der Waals surface area (Å²) in [5.74, 6) is -0.848. The summed E-state index contributed by atoms with van der Waals surface area (Å²) in [7, 11) is 1.95. The van der Waals surface area contributed by atoms with Crippen LogP contribution in [0.15, 0.2) is 18.2 Å². The summed E-state index contributed by atoms with van der Waals surface area (Å²) in [4.78, 5) is 3.86. The maximum absolute atomic E-state index is 13.3. The Balaban J connectivity index is 2.25. The predicted molar refractivity (Wildman–Crippen MR) is 61.1 cm³/mol. The Hall–Kier alpha value is -1.30. The molecule has 1 aromatic rings. The van der Waals surface area contributed by atoms with E-state index in [-0.39, 0.29) is 0 Å². The molecule has 2 nitrogen and oxygen atoms in total. The highest BCUT2D eigenvalue weighted by Gasteiger charge is 2.32. The standard InChI is InChI=1S/C12H14F4N2/c1-17-2-4-18(5-3-17)11-7-9(12(14,15)16)6-10(13)8-11/h6-8H,2-5H2,1H3. The molecular weight excluding hydrogens is 248 g/mol. The summed E-state index contributed by atoms with van der Waals surface area (Å²) >= 11 is 0. The van der Waals surface area contributed by atoms with Crippen LogP contribution in [0, 0.1) is 5.82 Å². The highest BCUT2D eigenvalue weighted by Crippen LogP contribution is 2.32. The smallest absolute Gasteiger partial charge is 0.369 e. The molecule has 0 spiro atoms. The molecule has 0 unspecified atom stereocenters. The molecule has 0 aromatic heterocycles. The third-order valence-corrected chi connectivity index (χ3v) is 3.08. The largest absolute Gasteiger partial charge is 0.416 e. The van der Waals surface area contributed by atoms with E-state index in [1.807, 2.05) is 7.05 Å². The van der Waals surface area contributed by atoms with Crippen LogP contribution in [0.25, 0.3) is 0 Å². The second-order valence-electron chi connectivity index (χ2n) is 4.49. The Bertz CT molecular complexity index is 423. The van der Waals surface area contributed by atoms with Gasteiger partial charge in [0.05, 0.1) is 5.56 Å². The minimum Gasteiger partial charge on any atom is -0.369 e. The molecule has 1 saturated heterocycles. The SMILES string of the molecule is CN1CCN(c2cc(F)cc(C(F)(F)F)c2)CC1. The molecule has 1 aliphatic heterocycles.